The smallest absolute Gasteiger partial charge is 0.287 e. The third-order valence-corrected chi connectivity index (χ3v) is 1.28. The largest absolute Gasteiger partial charge is 0.352 e. The Hall–Kier alpha value is -1.51. The predicted octanol–water partition coefficient (Wildman–Crippen LogP) is 1.85. The number of carbonyl (C=O) groups is 1. The van der Waals surface area contributed by atoms with E-state index in [9.17, 15) is 4.79 Å². The van der Waals surface area contributed by atoms with Crippen LogP contribution in [0.3, 0.4) is 0 Å². The van der Waals surface area contributed by atoms with Gasteiger partial charge in [0, 0.05) is 6.92 Å². The lowest BCUT2D eigenvalue weighted by atomic mass is 10.2. The van der Waals surface area contributed by atoms with Crippen LogP contribution in [-0.4, -0.2) is 5.97 Å². The fraction of sp³-hybridized carbons (Fsp3) is 0.222. The minimum atomic E-state index is -0.462. The zero-order valence-corrected chi connectivity index (χ0v) is 7.03. The van der Waals surface area contributed by atoms with E-state index in [1.165, 1.54) is 6.92 Å². The van der Waals surface area contributed by atoms with Crippen molar-refractivity contribution in [2.45, 2.75) is 13.8 Å². The molecule has 3 nitrogen and oxygen atoms in total. The highest BCUT2D eigenvalue weighted by Crippen LogP contribution is 2.11. The number of carbonyl (C=O) groups excluding carboxylic acids is 1. The van der Waals surface area contributed by atoms with Gasteiger partial charge in [-0.1, -0.05) is 17.7 Å². The van der Waals surface area contributed by atoms with Crippen LogP contribution in [0.25, 0.3) is 0 Å². The Morgan fingerprint density at radius 3 is 2.33 bits per heavy atom. The van der Waals surface area contributed by atoms with Crippen molar-refractivity contribution in [2.24, 2.45) is 0 Å². The van der Waals surface area contributed by atoms with E-state index in [1.807, 2.05) is 19.1 Å². The fourth-order valence-corrected chi connectivity index (χ4v) is 0.701. The van der Waals surface area contributed by atoms with Crippen LogP contribution in [0.2, 0.25) is 0 Å². The fourth-order valence-electron chi connectivity index (χ4n) is 0.701. The molecule has 0 spiro atoms. The van der Waals surface area contributed by atoms with E-state index in [0.29, 0.717) is 5.75 Å². The lowest BCUT2D eigenvalue weighted by molar-refractivity contribution is -0.210. The van der Waals surface area contributed by atoms with Crippen molar-refractivity contribution in [3.63, 3.8) is 0 Å². The van der Waals surface area contributed by atoms with Gasteiger partial charge in [-0.2, -0.15) is 0 Å². The second-order valence-corrected chi connectivity index (χ2v) is 2.47. The van der Waals surface area contributed by atoms with Gasteiger partial charge in [0.25, 0.3) is 0 Å². The molecule has 0 aromatic heterocycles. The van der Waals surface area contributed by atoms with Gasteiger partial charge in [0.05, 0.1) is 0 Å². The molecule has 1 aromatic rings. The first-order valence-corrected chi connectivity index (χ1v) is 3.60. The zero-order chi connectivity index (χ0) is 8.97. The monoisotopic (exact) mass is 166 g/mol. The van der Waals surface area contributed by atoms with Crippen LogP contribution in [0.1, 0.15) is 12.5 Å². The van der Waals surface area contributed by atoms with Crippen molar-refractivity contribution in [2.75, 3.05) is 0 Å². The van der Waals surface area contributed by atoms with Crippen LogP contribution in [0, 0.1) is 6.92 Å². The number of aryl methyl sites for hydroxylation is 1. The lowest BCUT2D eigenvalue weighted by Crippen LogP contribution is -2.02. The second-order valence-electron chi connectivity index (χ2n) is 2.47. The Balaban J connectivity index is 2.53. The molecule has 0 aliphatic rings. The van der Waals surface area contributed by atoms with Crippen LogP contribution in [0.4, 0.5) is 0 Å². The molecule has 0 atom stereocenters. The van der Waals surface area contributed by atoms with E-state index >= 15 is 0 Å². The number of hydrogen-bond acceptors (Lipinski definition) is 3. The van der Waals surface area contributed by atoms with Gasteiger partial charge in [0.1, 0.15) is 0 Å². The second kappa shape index (κ2) is 3.76. The highest BCUT2D eigenvalue weighted by Gasteiger charge is 1.96. The summed E-state index contributed by atoms with van der Waals surface area (Å²) in [6, 6.07) is 7.22. The molecule has 3 heteroatoms. The van der Waals surface area contributed by atoms with Gasteiger partial charge in [0.15, 0.2) is 5.75 Å². The Kier molecular flexibility index (Phi) is 2.69. The minimum absolute atomic E-state index is 0.462. The van der Waals surface area contributed by atoms with Gasteiger partial charge in [-0.25, -0.2) is 4.79 Å². The summed E-state index contributed by atoms with van der Waals surface area (Å²) in [5.41, 5.74) is 1.13. The first-order chi connectivity index (χ1) is 5.68. The van der Waals surface area contributed by atoms with Crippen LogP contribution in [-0.2, 0) is 9.68 Å². The van der Waals surface area contributed by atoms with Gasteiger partial charge in [-0.05, 0) is 19.1 Å². The predicted molar refractivity (Wildman–Crippen MR) is 43.6 cm³/mol. The molecule has 1 aromatic carbocycles. The van der Waals surface area contributed by atoms with Crippen LogP contribution >= 0.6 is 0 Å². The summed E-state index contributed by atoms with van der Waals surface area (Å²) < 4.78 is 0. The van der Waals surface area contributed by atoms with Gasteiger partial charge >= 0.3 is 5.97 Å². The molecule has 0 saturated heterocycles. The molecule has 0 aliphatic heterocycles. The Morgan fingerprint density at radius 1 is 1.25 bits per heavy atom. The standard InChI is InChI=1S/C9H10O3/c1-7-3-5-9(6-4-7)12-11-8(2)10/h3-6H,1-2H3. The molecule has 0 aliphatic carbocycles. The molecule has 1 rings (SSSR count). The van der Waals surface area contributed by atoms with E-state index < -0.39 is 5.97 Å². The first-order valence-electron chi connectivity index (χ1n) is 3.60. The van der Waals surface area contributed by atoms with Crippen molar-refractivity contribution < 1.29 is 14.6 Å². The molecule has 0 unspecified atom stereocenters. The highest BCUT2D eigenvalue weighted by molar-refractivity contribution is 5.65. The Morgan fingerprint density at radius 2 is 1.83 bits per heavy atom. The van der Waals surface area contributed by atoms with Crippen LogP contribution in [0.15, 0.2) is 24.3 Å². The molecule has 0 saturated carbocycles. The first kappa shape index (κ1) is 8.59. The summed E-state index contributed by atoms with van der Waals surface area (Å²) in [7, 11) is 0. The molecule has 0 bridgehead atoms. The molecule has 64 valence electrons. The SMILES string of the molecule is CC(=O)OOc1ccc(C)cc1. The van der Waals surface area contributed by atoms with Gasteiger partial charge in [-0.15, -0.1) is 0 Å². The molecule has 0 N–H and O–H groups in total. The zero-order valence-electron chi connectivity index (χ0n) is 7.03. The topological polar surface area (TPSA) is 35.5 Å². The van der Waals surface area contributed by atoms with Crippen molar-refractivity contribution in [1.29, 1.82) is 0 Å². The summed E-state index contributed by atoms with van der Waals surface area (Å²) >= 11 is 0. The van der Waals surface area contributed by atoms with Crippen molar-refractivity contribution in [1.82, 2.24) is 0 Å². The maximum absolute atomic E-state index is 10.3. The van der Waals surface area contributed by atoms with E-state index in [2.05, 4.69) is 9.78 Å². The molecular weight excluding hydrogens is 156 g/mol. The molecule has 0 fully saturated rings. The molecular formula is C9H10O3. The normalized spacial score (nSPS) is 9.17. The molecule has 12 heavy (non-hydrogen) atoms. The van der Waals surface area contributed by atoms with E-state index in [0.717, 1.165) is 5.56 Å². The quantitative estimate of drug-likeness (QED) is 0.497. The molecule has 0 radical (unpaired) electrons. The lowest BCUT2D eigenvalue weighted by Gasteiger charge is -2.01. The van der Waals surface area contributed by atoms with Crippen LogP contribution < -0.4 is 4.89 Å². The average molecular weight is 166 g/mol. The number of rotatable bonds is 2. The van der Waals surface area contributed by atoms with Crippen molar-refractivity contribution in [3.05, 3.63) is 29.8 Å². The maximum Gasteiger partial charge on any atom is 0.352 e. The maximum atomic E-state index is 10.3. The van der Waals surface area contributed by atoms with Gasteiger partial charge in [0.2, 0.25) is 0 Å². The van der Waals surface area contributed by atoms with Crippen molar-refractivity contribution in [3.8, 4) is 5.75 Å². The number of hydrogen-bond donors (Lipinski definition) is 0. The highest BCUT2D eigenvalue weighted by atomic mass is 17.2. The van der Waals surface area contributed by atoms with Crippen molar-refractivity contribution >= 4 is 5.97 Å². The summed E-state index contributed by atoms with van der Waals surface area (Å²) in [5.74, 6) is 0.0615. The summed E-state index contributed by atoms with van der Waals surface area (Å²) in [6.07, 6.45) is 0. The van der Waals surface area contributed by atoms with E-state index in [1.54, 1.807) is 12.1 Å². The Labute approximate surface area is 70.8 Å². The van der Waals surface area contributed by atoms with Gasteiger partial charge in [-0.3, -0.25) is 9.78 Å². The summed E-state index contributed by atoms with van der Waals surface area (Å²) in [5, 5.41) is 0. The minimum Gasteiger partial charge on any atom is -0.287 e. The third-order valence-electron chi connectivity index (χ3n) is 1.28. The summed E-state index contributed by atoms with van der Waals surface area (Å²) in [6.45, 7) is 3.25. The van der Waals surface area contributed by atoms with Crippen LogP contribution in [0.5, 0.6) is 5.75 Å². The third kappa shape index (κ3) is 2.62. The number of benzene rings is 1. The van der Waals surface area contributed by atoms with E-state index in [-0.39, 0.29) is 0 Å². The Bertz CT molecular complexity index is 264. The molecule has 0 amide bonds. The van der Waals surface area contributed by atoms with E-state index in [4.69, 9.17) is 0 Å². The molecule has 0 heterocycles. The van der Waals surface area contributed by atoms with Gasteiger partial charge < -0.3 is 0 Å². The summed E-state index contributed by atoms with van der Waals surface area (Å²) in [4.78, 5) is 19.3. The average Bonchev–Trinajstić information content (AvgIpc) is 2.03.